The largest absolute Gasteiger partial charge is 0.387 e. The Morgan fingerprint density at radius 3 is 2.76 bits per heavy atom. The fourth-order valence-electron chi connectivity index (χ4n) is 2.78. The van der Waals surface area contributed by atoms with Gasteiger partial charge in [-0.2, -0.15) is 4.98 Å². The number of hydrogen-bond donors (Lipinski definition) is 2. The third-order valence-corrected chi connectivity index (χ3v) is 4.02. The van der Waals surface area contributed by atoms with Crippen LogP contribution in [0.15, 0.2) is 4.52 Å². The van der Waals surface area contributed by atoms with Crippen LogP contribution >= 0.6 is 0 Å². The van der Waals surface area contributed by atoms with E-state index in [0.717, 1.165) is 12.8 Å². The molecule has 0 spiro atoms. The van der Waals surface area contributed by atoms with Gasteiger partial charge in [-0.3, -0.25) is 9.69 Å². The van der Waals surface area contributed by atoms with Gasteiger partial charge >= 0.3 is 0 Å². The minimum Gasteiger partial charge on any atom is -0.387 e. The summed E-state index contributed by atoms with van der Waals surface area (Å²) in [6.07, 6.45) is 4.06. The zero-order valence-corrected chi connectivity index (χ0v) is 12.7. The first-order chi connectivity index (χ1) is 10.1. The topological polar surface area (TPSA) is 91.5 Å². The average molecular weight is 296 g/mol. The molecule has 7 nitrogen and oxygen atoms in total. The molecule has 1 aromatic rings. The molecule has 1 aliphatic rings. The summed E-state index contributed by atoms with van der Waals surface area (Å²) in [5.74, 6) is 0.729. The van der Waals surface area contributed by atoms with Crippen LogP contribution in [0.2, 0.25) is 0 Å². The zero-order valence-electron chi connectivity index (χ0n) is 12.7. The van der Waals surface area contributed by atoms with Gasteiger partial charge in [-0.25, -0.2) is 0 Å². The van der Waals surface area contributed by atoms with E-state index in [9.17, 15) is 4.79 Å². The molecule has 0 aromatic carbocycles. The van der Waals surface area contributed by atoms with Crippen LogP contribution in [0.5, 0.6) is 0 Å². The van der Waals surface area contributed by atoms with E-state index >= 15 is 0 Å². The van der Waals surface area contributed by atoms with Gasteiger partial charge < -0.3 is 14.9 Å². The first kappa shape index (κ1) is 15.9. The number of aromatic nitrogens is 2. The number of likely N-dealkylation sites (tertiary alicyclic amines) is 1. The van der Waals surface area contributed by atoms with E-state index in [1.54, 1.807) is 0 Å². The lowest BCUT2D eigenvalue weighted by Crippen LogP contribution is -2.48. The van der Waals surface area contributed by atoms with Crippen molar-refractivity contribution in [1.82, 2.24) is 20.4 Å². The quantitative estimate of drug-likeness (QED) is 0.793. The Kier molecular flexibility index (Phi) is 5.69. The molecule has 7 heteroatoms. The van der Waals surface area contributed by atoms with Gasteiger partial charge in [0.25, 0.3) is 5.89 Å². The van der Waals surface area contributed by atoms with Crippen LogP contribution in [0.4, 0.5) is 0 Å². The number of hydrogen-bond acceptors (Lipinski definition) is 6. The van der Waals surface area contributed by atoms with Crippen molar-refractivity contribution in [2.75, 3.05) is 13.1 Å². The normalized spacial score (nSPS) is 23.2. The number of aliphatic hydroxyl groups is 1. The molecular weight excluding hydrogens is 272 g/mol. The van der Waals surface area contributed by atoms with E-state index in [0.29, 0.717) is 37.4 Å². The van der Waals surface area contributed by atoms with Gasteiger partial charge in [0.15, 0.2) is 5.82 Å². The molecule has 2 N–H and O–H groups in total. The predicted molar refractivity (Wildman–Crippen MR) is 76.4 cm³/mol. The highest BCUT2D eigenvalue weighted by Gasteiger charge is 2.26. The number of nitrogens with zero attached hydrogens (tertiary/aromatic N) is 3. The molecular formula is C14H24N4O3. The summed E-state index contributed by atoms with van der Waals surface area (Å²) in [5, 5.41) is 15.4. The molecule has 2 rings (SSSR count). The Labute approximate surface area is 124 Å². The Bertz CT molecular complexity index is 453. The van der Waals surface area contributed by atoms with Gasteiger partial charge in [0.1, 0.15) is 6.61 Å². The van der Waals surface area contributed by atoms with Crippen LogP contribution in [0.25, 0.3) is 0 Å². The number of nitrogens with one attached hydrogen (secondary N) is 1. The Morgan fingerprint density at radius 2 is 2.14 bits per heavy atom. The fraction of sp³-hybridized carbons (Fsp3) is 0.786. The molecule has 2 atom stereocenters. The van der Waals surface area contributed by atoms with E-state index < -0.39 is 0 Å². The maximum absolute atomic E-state index is 12.0. The van der Waals surface area contributed by atoms with Crippen molar-refractivity contribution in [3.8, 4) is 0 Å². The maximum Gasteiger partial charge on any atom is 0.252 e. The van der Waals surface area contributed by atoms with E-state index in [-0.39, 0.29) is 18.4 Å². The molecule has 0 unspecified atom stereocenters. The minimum absolute atomic E-state index is 0.0291. The van der Waals surface area contributed by atoms with E-state index in [1.807, 2.05) is 0 Å². The summed E-state index contributed by atoms with van der Waals surface area (Å²) in [6.45, 7) is 5.01. The van der Waals surface area contributed by atoms with Gasteiger partial charge in [-0.1, -0.05) is 11.6 Å². The highest BCUT2D eigenvalue weighted by molar-refractivity contribution is 5.78. The second-order valence-electron chi connectivity index (χ2n) is 5.66. The average Bonchev–Trinajstić information content (AvgIpc) is 2.91. The lowest BCUT2D eigenvalue weighted by molar-refractivity contribution is -0.123. The van der Waals surface area contributed by atoms with Crippen LogP contribution < -0.4 is 5.32 Å². The number of carbonyl (C=O) groups is 1. The summed E-state index contributed by atoms with van der Waals surface area (Å²) in [6, 6.07) is 0.924. The van der Waals surface area contributed by atoms with Crippen LogP contribution in [0, 0.1) is 0 Å². The number of aliphatic hydroxyl groups excluding tert-OH is 1. The van der Waals surface area contributed by atoms with Crippen LogP contribution in [-0.2, 0) is 17.8 Å². The molecule has 1 saturated heterocycles. The third kappa shape index (κ3) is 4.50. The number of rotatable bonds is 6. The molecule has 1 amide bonds. The Balaban J connectivity index is 1.71. The van der Waals surface area contributed by atoms with Gasteiger partial charge in [-0.15, -0.1) is 0 Å². The van der Waals surface area contributed by atoms with Crippen molar-refractivity contribution < 1.29 is 14.4 Å². The third-order valence-electron chi connectivity index (χ3n) is 4.02. The maximum atomic E-state index is 12.0. The van der Waals surface area contributed by atoms with Gasteiger partial charge in [-0.05, 0) is 26.7 Å². The SMILES string of the molecule is C[C@@H]1CCC[C@H](C)N1CC(=O)NCCc1noc(CO)n1. The molecule has 0 radical (unpaired) electrons. The minimum atomic E-state index is -0.260. The summed E-state index contributed by atoms with van der Waals surface area (Å²) in [4.78, 5) is 18.2. The van der Waals surface area contributed by atoms with Crippen molar-refractivity contribution in [3.63, 3.8) is 0 Å². The molecule has 1 fully saturated rings. The molecule has 1 aliphatic heterocycles. The molecule has 0 bridgehead atoms. The summed E-state index contributed by atoms with van der Waals surface area (Å²) in [7, 11) is 0. The second-order valence-corrected chi connectivity index (χ2v) is 5.66. The standard InChI is InChI=1S/C14H24N4O3/c1-10-4-3-5-11(2)18(10)8-13(20)15-7-6-12-16-14(9-19)21-17-12/h10-11,19H,3-9H2,1-2H3,(H,15,20)/t10-,11+. The first-order valence-corrected chi connectivity index (χ1v) is 7.55. The fourth-order valence-corrected chi connectivity index (χ4v) is 2.78. The van der Waals surface area contributed by atoms with Gasteiger partial charge in [0, 0.05) is 25.0 Å². The Hall–Kier alpha value is -1.47. The van der Waals surface area contributed by atoms with Crippen molar-refractivity contribution in [3.05, 3.63) is 11.7 Å². The Morgan fingerprint density at radius 1 is 1.43 bits per heavy atom. The van der Waals surface area contributed by atoms with E-state index in [2.05, 4.69) is 34.2 Å². The summed E-state index contributed by atoms with van der Waals surface area (Å²) < 4.78 is 4.79. The monoisotopic (exact) mass is 296 g/mol. The highest BCUT2D eigenvalue weighted by Crippen LogP contribution is 2.21. The molecule has 0 saturated carbocycles. The van der Waals surface area contributed by atoms with Crippen molar-refractivity contribution >= 4 is 5.91 Å². The second kappa shape index (κ2) is 7.51. The smallest absolute Gasteiger partial charge is 0.252 e. The lowest BCUT2D eigenvalue weighted by atomic mass is 9.97. The predicted octanol–water partition coefficient (Wildman–Crippen LogP) is 0.483. The number of piperidine rings is 1. The van der Waals surface area contributed by atoms with E-state index in [4.69, 9.17) is 9.63 Å². The van der Waals surface area contributed by atoms with Gasteiger partial charge in [0.05, 0.1) is 6.54 Å². The summed E-state index contributed by atoms with van der Waals surface area (Å²) in [5.41, 5.74) is 0. The van der Waals surface area contributed by atoms with Gasteiger partial charge in [0.2, 0.25) is 5.91 Å². The number of amides is 1. The lowest BCUT2D eigenvalue weighted by Gasteiger charge is -2.38. The molecule has 2 heterocycles. The van der Waals surface area contributed by atoms with E-state index in [1.165, 1.54) is 6.42 Å². The molecule has 118 valence electrons. The van der Waals surface area contributed by atoms with Crippen molar-refractivity contribution in [2.24, 2.45) is 0 Å². The molecule has 21 heavy (non-hydrogen) atoms. The first-order valence-electron chi connectivity index (χ1n) is 7.55. The zero-order chi connectivity index (χ0) is 15.2. The molecule has 1 aromatic heterocycles. The highest BCUT2D eigenvalue weighted by atomic mass is 16.5. The summed E-state index contributed by atoms with van der Waals surface area (Å²) >= 11 is 0. The molecule has 0 aliphatic carbocycles. The van der Waals surface area contributed by atoms with Crippen LogP contribution in [0.3, 0.4) is 0 Å². The van der Waals surface area contributed by atoms with Crippen molar-refractivity contribution in [1.29, 1.82) is 0 Å². The van der Waals surface area contributed by atoms with Crippen LogP contribution in [0.1, 0.15) is 44.8 Å². The van der Waals surface area contributed by atoms with Crippen LogP contribution in [-0.4, -0.2) is 51.2 Å². The van der Waals surface area contributed by atoms with Crippen molar-refractivity contribution in [2.45, 2.75) is 58.2 Å². The number of carbonyl (C=O) groups excluding carboxylic acids is 1.